The normalized spacial score (nSPS) is 20.7. The van der Waals surface area contributed by atoms with Crippen molar-refractivity contribution < 1.29 is 9.32 Å². The maximum absolute atomic E-state index is 12.6. The predicted octanol–water partition coefficient (Wildman–Crippen LogP) is 3.84. The van der Waals surface area contributed by atoms with Gasteiger partial charge < -0.3 is 19.6 Å². The first-order valence-corrected chi connectivity index (χ1v) is 11.8. The molecule has 0 radical (unpaired) electrons. The summed E-state index contributed by atoms with van der Waals surface area (Å²) in [7, 11) is 0. The zero-order valence-corrected chi connectivity index (χ0v) is 19.0. The van der Waals surface area contributed by atoms with Crippen LogP contribution in [0.1, 0.15) is 39.0 Å². The van der Waals surface area contributed by atoms with Crippen LogP contribution >= 0.6 is 11.6 Å². The van der Waals surface area contributed by atoms with Crippen molar-refractivity contribution in [2.24, 2.45) is 11.8 Å². The number of benzene rings is 1. The number of nitrogens with one attached hydrogen (secondary N) is 1. The number of anilines is 1. The minimum absolute atomic E-state index is 0.0601. The average Bonchev–Trinajstić information content (AvgIpc) is 3.27. The summed E-state index contributed by atoms with van der Waals surface area (Å²) in [5.41, 5.74) is 0.868. The number of carbonyl (C=O) groups is 1. The third-order valence-corrected chi connectivity index (χ3v) is 6.60. The van der Waals surface area contributed by atoms with E-state index in [9.17, 15) is 4.79 Å². The summed E-state index contributed by atoms with van der Waals surface area (Å²) < 4.78 is 5.46. The predicted molar refractivity (Wildman–Crippen MR) is 122 cm³/mol. The van der Waals surface area contributed by atoms with E-state index in [1.807, 2.05) is 24.3 Å². The van der Waals surface area contributed by atoms with Gasteiger partial charge in [0.2, 0.25) is 11.7 Å². The van der Waals surface area contributed by atoms with Crippen molar-refractivity contribution in [1.82, 2.24) is 20.4 Å². The lowest BCUT2D eigenvalue weighted by Gasteiger charge is -2.31. The number of aromatic nitrogens is 2. The highest BCUT2D eigenvalue weighted by molar-refractivity contribution is 6.30. The highest BCUT2D eigenvalue weighted by atomic mass is 35.5. The molecular formula is C23H32ClN5O2. The Kier molecular flexibility index (Phi) is 7.45. The molecular weight excluding hydrogens is 414 g/mol. The van der Waals surface area contributed by atoms with Crippen LogP contribution in [-0.2, 0) is 4.79 Å². The van der Waals surface area contributed by atoms with E-state index in [-0.39, 0.29) is 11.8 Å². The monoisotopic (exact) mass is 445 g/mol. The third-order valence-electron chi connectivity index (χ3n) is 6.35. The van der Waals surface area contributed by atoms with E-state index in [1.165, 1.54) is 25.9 Å². The maximum Gasteiger partial charge on any atom is 0.324 e. The summed E-state index contributed by atoms with van der Waals surface area (Å²) in [6.45, 7) is 8.05. The van der Waals surface area contributed by atoms with E-state index < -0.39 is 0 Å². The van der Waals surface area contributed by atoms with Crippen LogP contribution in [0.25, 0.3) is 11.4 Å². The van der Waals surface area contributed by atoms with Gasteiger partial charge in [-0.25, -0.2) is 0 Å². The molecule has 2 aliphatic heterocycles. The van der Waals surface area contributed by atoms with Crippen LogP contribution in [0.5, 0.6) is 0 Å². The second kappa shape index (κ2) is 10.5. The molecule has 4 rings (SSSR count). The Morgan fingerprint density at radius 3 is 2.71 bits per heavy atom. The van der Waals surface area contributed by atoms with Crippen LogP contribution in [-0.4, -0.2) is 60.2 Å². The minimum Gasteiger partial charge on any atom is -0.356 e. The molecule has 31 heavy (non-hydrogen) atoms. The first-order valence-electron chi connectivity index (χ1n) is 11.4. The Morgan fingerprint density at radius 1 is 1.19 bits per heavy atom. The fourth-order valence-electron chi connectivity index (χ4n) is 4.54. The number of hydrogen-bond acceptors (Lipinski definition) is 6. The molecule has 2 fully saturated rings. The van der Waals surface area contributed by atoms with Crippen molar-refractivity contribution in [1.29, 1.82) is 0 Å². The van der Waals surface area contributed by atoms with Gasteiger partial charge in [0.1, 0.15) is 0 Å². The number of nitrogens with zero attached hydrogens (tertiary/aromatic N) is 4. The summed E-state index contributed by atoms with van der Waals surface area (Å²) in [6, 6.07) is 7.88. The van der Waals surface area contributed by atoms with Gasteiger partial charge >= 0.3 is 6.01 Å². The van der Waals surface area contributed by atoms with Gasteiger partial charge in [-0.05, 0) is 75.4 Å². The van der Waals surface area contributed by atoms with Gasteiger partial charge in [0.25, 0.3) is 0 Å². The Morgan fingerprint density at radius 2 is 1.97 bits per heavy atom. The summed E-state index contributed by atoms with van der Waals surface area (Å²) in [5.74, 6) is 1.59. The molecule has 1 N–H and O–H groups in total. The molecule has 0 bridgehead atoms. The lowest BCUT2D eigenvalue weighted by Crippen LogP contribution is -2.41. The Hall–Kier alpha value is -2.12. The van der Waals surface area contributed by atoms with Crippen LogP contribution in [0.2, 0.25) is 5.02 Å². The molecule has 7 nitrogen and oxygen atoms in total. The largest absolute Gasteiger partial charge is 0.356 e. The standard InChI is InChI=1S/C23H32ClN5O2/c1-17-4-2-12-28(16-17)13-3-11-25-22(30)19-9-14-29(15-10-19)23-26-21(27-31-23)18-5-7-20(24)8-6-18/h5-8,17,19H,2-4,9-16H2,1H3,(H,25,30). The summed E-state index contributed by atoms with van der Waals surface area (Å²) in [6.07, 6.45) is 5.26. The van der Waals surface area contributed by atoms with Gasteiger partial charge in [-0.15, -0.1) is 0 Å². The van der Waals surface area contributed by atoms with E-state index in [1.54, 1.807) is 0 Å². The topological polar surface area (TPSA) is 74.5 Å². The van der Waals surface area contributed by atoms with Crippen LogP contribution < -0.4 is 10.2 Å². The SMILES string of the molecule is CC1CCCN(CCCNC(=O)C2CCN(c3nc(-c4ccc(Cl)cc4)no3)CC2)C1. The molecule has 2 aromatic rings. The van der Waals surface area contributed by atoms with E-state index in [0.29, 0.717) is 16.9 Å². The number of carbonyl (C=O) groups excluding carboxylic acids is 1. The lowest BCUT2D eigenvalue weighted by atomic mass is 9.96. The summed E-state index contributed by atoms with van der Waals surface area (Å²) >= 11 is 5.94. The fraction of sp³-hybridized carbons (Fsp3) is 0.609. The van der Waals surface area contributed by atoms with Crippen molar-refractivity contribution in [3.05, 3.63) is 29.3 Å². The smallest absolute Gasteiger partial charge is 0.324 e. The molecule has 1 unspecified atom stereocenters. The summed E-state index contributed by atoms with van der Waals surface area (Å²) in [4.78, 5) is 21.7. The number of hydrogen-bond donors (Lipinski definition) is 1. The van der Waals surface area contributed by atoms with Crippen molar-refractivity contribution in [2.75, 3.05) is 44.2 Å². The molecule has 0 saturated carbocycles. The molecule has 1 atom stereocenters. The molecule has 168 valence electrons. The van der Waals surface area contributed by atoms with Crippen molar-refractivity contribution in [2.45, 2.75) is 39.0 Å². The second-order valence-corrected chi connectivity index (χ2v) is 9.30. The molecule has 8 heteroatoms. The van der Waals surface area contributed by atoms with Gasteiger partial charge in [-0.1, -0.05) is 23.7 Å². The zero-order chi connectivity index (χ0) is 21.6. The van der Waals surface area contributed by atoms with Crippen molar-refractivity contribution in [3.63, 3.8) is 0 Å². The van der Waals surface area contributed by atoms with Gasteiger partial charge in [-0.3, -0.25) is 4.79 Å². The molecule has 1 aromatic carbocycles. The van der Waals surface area contributed by atoms with Crippen LogP contribution in [0.4, 0.5) is 6.01 Å². The van der Waals surface area contributed by atoms with Gasteiger partial charge in [0.05, 0.1) is 0 Å². The number of piperidine rings is 2. The highest BCUT2D eigenvalue weighted by Crippen LogP contribution is 2.25. The Labute approximate surface area is 189 Å². The molecule has 3 heterocycles. The molecule has 2 saturated heterocycles. The molecule has 1 aromatic heterocycles. The van der Waals surface area contributed by atoms with Crippen molar-refractivity contribution in [3.8, 4) is 11.4 Å². The maximum atomic E-state index is 12.6. The van der Waals surface area contributed by atoms with Gasteiger partial charge in [0.15, 0.2) is 0 Å². The first kappa shape index (κ1) is 22.1. The minimum atomic E-state index is 0.0601. The Bertz CT molecular complexity index is 848. The first-order chi connectivity index (χ1) is 15.1. The van der Waals surface area contributed by atoms with Crippen LogP contribution in [0.15, 0.2) is 28.8 Å². The quantitative estimate of drug-likeness (QED) is 0.652. The highest BCUT2D eigenvalue weighted by Gasteiger charge is 2.27. The van der Waals surface area contributed by atoms with Crippen LogP contribution in [0, 0.1) is 11.8 Å². The van der Waals surface area contributed by atoms with E-state index in [2.05, 4.69) is 32.2 Å². The lowest BCUT2D eigenvalue weighted by molar-refractivity contribution is -0.125. The molecule has 1 amide bonds. The number of likely N-dealkylation sites (tertiary alicyclic amines) is 1. The van der Waals surface area contributed by atoms with E-state index in [0.717, 1.165) is 56.9 Å². The molecule has 0 aliphatic carbocycles. The number of rotatable bonds is 7. The molecule has 0 spiro atoms. The average molecular weight is 446 g/mol. The third kappa shape index (κ3) is 5.98. The van der Waals surface area contributed by atoms with Crippen molar-refractivity contribution >= 4 is 23.5 Å². The summed E-state index contributed by atoms with van der Waals surface area (Å²) in [5, 5.41) is 7.90. The van der Waals surface area contributed by atoms with E-state index in [4.69, 9.17) is 16.1 Å². The van der Waals surface area contributed by atoms with E-state index >= 15 is 0 Å². The van der Waals surface area contributed by atoms with Gasteiger partial charge in [-0.2, -0.15) is 4.98 Å². The second-order valence-electron chi connectivity index (χ2n) is 8.86. The zero-order valence-electron chi connectivity index (χ0n) is 18.2. The fourth-order valence-corrected chi connectivity index (χ4v) is 4.67. The Balaban J connectivity index is 1.18. The van der Waals surface area contributed by atoms with Gasteiger partial charge in [0, 0.05) is 42.7 Å². The number of halogens is 1. The molecule has 2 aliphatic rings. The van der Waals surface area contributed by atoms with Crippen LogP contribution in [0.3, 0.4) is 0 Å². The number of amides is 1.